The monoisotopic (exact) mass is 1270 g/mol. The van der Waals surface area contributed by atoms with Crippen LogP contribution in [-0.2, 0) is 65.4 Å². The highest BCUT2D eigenvalue weighted by Gasteiger charge is 2.30. The molecule has 0 heterocycles. The summed E-state index contributed by atoms with van der Waals surface area (Å²) in [6.45, 7) is 7.10. The van der Waals surface area contributed by atoms with Gasteiger partial charge in [-0.05, 0) is 31.6 Å². The highest BCUT2D eigenvalue weighted by Crippen LogP contribution is 2.45. The average molecular weight is 1270 g/mol. The van der Waals surface area contributed by atoms with Crippen molar-refractivity contribution in [2.45, 2.75) is 361 Å². The van der Waals surface area contributed by atoms with Crippen molar-refractivity contribution in [3.63, 3.8) is 0 Å². The Kier molecular flexibility index (Phi) is 59.2. The van der Waals surface area contributed by atoms with E-state index in [1.54, 1.807) is 0 Å². The number of aliphatic hydroxyl groups is 1. The summed E-state index contributed by atoms with van der Waals surface area (Å²) in [6, 6.07) is 0. The first kappa shape index (κ1) is 84.1. The third kappa shape index (κ3) is 60.9. The minimum atomic E-state index is -4.95. The summed E-state index contributed by atoms with van der Waals surface area (Å²) in [4.78, 5) is 72.2. The van der Waals surface area contributed by atoms with Crippen LogP contribution in [0.1, 0.15) is 343 Å². The molecule has 0 aliphatic rings. The molecule has 19 heteroatoms. The van der Waals surface area contributed by atoms with Crippen molar-refractivity contribution in [2.24, 2.45) is 5.92 Å². The summed E-state index contributed by atoms with van der Waals surface area (Å²) >= 11 is 0. The van der Waals surface area contributed by atoms with Gasteiger partial charge in [0, 0.05) is 25.7 Å². The van der Waals surface area contributed by atoms with Gasteiger partial charge in [-0.2, -0.15) is 0 Å². The molecule has 0 spiro atoms. The zero-order chi connectivity index (χ0) is 63.5. The lowest BCUT2D eigenvalue weighted by molar-refractivity contribution is -0.161. The molecule has 0 rings (SSSR count). The van der Waals surface area contributed by atoms with Gasteiger partial charge in [0.1, 0.15) is 19.3 Å². The molecule has 0 aromatic heterocycles. The van der Waals surface area contributed by atoms with Gasteiger partial charge >= 0.3 is 39.5 Å². The molecule has 0 radical (unpaired) electrons. The van der Waals surface area contributed by atoms with Gasteiger partial charge < -0.3 is 33.8 Å². The van der Waals surface area contributed by atoms with Crippen LogP contribution in [0.5, 0.6) is 0 Å². The Morgan fingerprint density at radius 2 is 0.535 bits per heavy atom. The molecule has 0 aliphatic carbocycles. The van der Waals surface area contributed by atoms with Crippen LogP contribution in [0.15, 0.2) is 0 Å². The Bertz CT molecular complexity index is 1670. The summed E-state index contributed by atoms with van der Waals surface area (Å²) < 4.78 is 68.0. The maximum atomic E-state index is 13.0. The van der Waals surface area contributed by atoms with Gasteiger partial charge in [0.2, 0.25) is 0 Å². The van der Waals surface area contributed by atoms with E-state index in [-0.39, 0.29) is 25.7 Å². The molecule has 0 aliphatic heterocycles. The molecule has 0 saturated heterocycles. The zero-order valence-corrected chi connectivity index (χ0v) is 57.2. The largest absolute Gasteiger partial charge is 0.472 e. The molecule has 0 amide bonds. The van der Waals surface area contributed by atoms with E-state index in [1.165, 1.54) is 161 Å². The molecule has 0 fully saturated rings. The number of phosphoric ester groups is 2. The molecule has 0 saturated carbocycles. The standard InChI is InChI=1S/C67H130O17P2/c1-6-9-12-15-18-21-23-25-26-27-28-29-31-33-36-42-47-52-66(71)83-62(56-78-65(70)51-46-41-35-32-30-24-22-19-16-13-10-7-2)58-81-85(73,74)79-54-61(68)55-80-86(75,76)82-59-63(57-77-64(69)50-45-40-34-20-17-14-11-8-3)84-67(72)53-48-43-38-37-39-44-49-60(4)5/h60-63,68H,6-59H2,1-5H3,(H,73,74)(H,75,76)/t61-,62-,63-/m1/s1. The third-order valence-corrected chi connectivity index (χ3v) is 17.4. The van der Waals surface area contributed by atoms with Gasteiger partial charge in [-0.1, -0.05) is 291 Å². The quantitative estimate of drug-likeness (QED) is 0.0222. The summed E-state index contributed by atoms with van der Waals surface area (Å²) in [5.74, 6) is -1.46. The highest BCUT2D eigenvalue weighted by atomic mass is 31.2. The van der Waals surface area contributed by atoms with E-state index in [2.05, 4.69) is 34.6 Å². The first-order chi connectivity index (χ1) is 41.5. The van der Waals surface area contributed by atoms with E-state index in [0.717, 1.165) is 96.3 Å². The minimum absolute atomic E-state index is 0.102. The second-order valence-electron chi connectivity index (χ2n) is 24.7. The Hall–Kier alpha value is -1.94. The SMILES string of the molecule is CCCCCCCCCCCCCCCCCCCC(=O)O[C@H](COC(=O)CCCCCCCCCCCCCC)COP(=O)(O)OC[C@@H](O)COP(=O)(O)OC[C@@H](COC(=O)CCCCCCCCCC)OC(=O)CCCCCCCCC(C)C. The number of carbonyl (C=O) groups excluding carboxylic acids is 4. The maximum Gasteiger partial charge on any atom is 0.472 e. The van der Waals surface area contributed by atoms with E-state index in [9.17, 15) is 43.2 Å². The van der Waals surface area contributed by atoms with E-state index < -0.39 is 97.5 Å². The lowest BCUT2D eigenvalue weighted by Crippen LogP contribution is -2.30. The first-order valence-corrected chi connectivity index (χ1v) is 38.1. The molecular formula is C67H130O17P2. The number of unbranched alkanes of at least 4 members (excludes halogenated alkanes) is 39. The second kappa shape index (κ2) is 60.6. The zero-order valence-electron chi connectivity index (χ0n) is 55.4. The van der Waals surface area contributed by atoms with Gasteiger partial charge in [-0.25, -0.2) is 9.13 Å². The van der Waals surface area contributed by atoms with Crippen LogP contribution in [-0.4, -0.2) is 96.7 Å². The van der Waals surface area contributed by atoms with Crippen LogP contribution in [0.2, 0.25) is 0 Å². The van der Waals surface area contributed by atoms with E-state index in [1.807, 2.05) is 0 Å². The lowest BCUT2D eigenvalue weighted by atomic mass is 10.0. The fourth-order valence-electron chi connectivity index (χ4n) is 10.1. The summed E-state index contributed by atoms with van der Waals surface area (Å²) in [6.07, 6.45) is 46.0. The molecule has 86 heavy (non-hydrogen) atoms. The lowest BCUT2D eigenvalue weighted by Gasteiger charge is -2.21. The van der Waals surface area contributed by atoms with Crippen molar-refractivity contribution in [1.82, 2.24) is 0 Å². The van der Waals surface area contributed by atoms with Gasteiger partial charge in [0.05, 0.1) is 26.4 Å². The average Bonchev–Trinajstić information content (AvgIpc) is 3.56. The Morgan fingerprint density at radius 1 is 0.314 bits per heavy atom. The van der Waals surface area contributed by atoms with Crippen molar-refractivity contribution < 1.29 is 80.2 Å². The van der Waals surface area contributed by atoms with Gasteiger partial charge in [-0.15, -0.1) is 0 Å². The number of ether oxygens (including phenoxy) is 4. The summed E-state index contributed by atoms with van der Waals surface area (Å²) in [7, 11) is -9.89. The van der Waals surface area contributed by atoms with Crippen LogP contribution < -0.4 is 0 Å². The molecule has 510 valence electrons. The topological polar surface area (TPSA) is 237 Å². The van der Waals surface area contributed by atoms with Crippen molar-refractivity contribution >= 4 is 39.5 Å². The van der Waals surface area contributed by atoms with Crippen molar-refractivity contribution in [1.29, 1.82) is 0 Å². The third-order valence-electron chi connectivity index (χ3n) is 15.5. The Balaban J connectivity index is 5.19. The van der Waals surface area contributed by atoms with Crippen molar-refractivity contribution in [3.8, 4) is 0 Å². The number of aliphatic hydroxyl groups excluding tert-OH is 1. The first-order valence-electron chi connectivity index (χ1n) is 35.1. The highest BCUT2D eigenvalue weighted by molar-refractivity contribution is 7.47. The number of carbonyl (C=O) groups is 4. The van der Waals surface area contributed by atoms with Crippen LogP contribution in [0.3, 0.4) is 0 Å². The van der Waals surface area contributed by atoms with Crippen molar-refractivity contribution in [3.05, 3.63) is 0 Å². The second-order valence-corrected chi connectivity index (χ2v) is 27.6. The molecular weight excluding hydrogens is 1140 g/mol. The number of esters is 4. The smallest absolute Gasteiger partial charge is 0.462 e. The molecule has 2 unspecified atom stereocenters. The van der Waals surface area contributed by atoms with Crippen molar-refractivity contribution in [2.75, 3.05) is 39.6 Å². The molecule has 3 N–H and O–H groups in total. The Morgan fingerprint density at radius 3 is 0.791 bits per heavy atom. The van der Waals surface area contributed by atoms with Gasteiger partial charge in [0.15, 0.2) is 12.2 Å². The summed E-state index contributed by atoms with van der Waals surface area (Å²) in [5.41, 5.74) is 0. The Labute approximate surface area is 524 Å². The molecule has 0 aromatic carbocycles. The van der Waals surface area contributed by atoms with Crippen LogP contribution in [0, 0.1) is 5.92 Å². The predicted molar refractivity (Wildman–Crippen MR) is 345 cm³/mol. The maximum absolute atomic E-state index is 13.0. The fraction of sp³-hybridized carbons (Fsp3) is 0.940. The predicted octanol–water partition coefficient (Wildman–Crippen LogP) is 19.0. The van der Waals surface area contributed by atoms with Crippen LogP contribution in [0.25, 0.3) is 0 Å². The van der Waals surface area contributed by atoms with Crippen LogP contribution in [0.4, 0.5) is 0 Å². The van der Waals surface area contributed by atoms with E-state index >= 15 is 0 Å². The minimum Gasteiger partial charge on any atom is -0.462 e. The number of hydrogen-bond acceptors (Lipinski definition) is 15. The number of hydrogen-bond donors (Lipinski definition) is 3. The molecule has 0 bridgehead atoms. The van der Waals surface area contributed by atoms with E-state index in [0.29, 0.717) is 31.6 Å². The van der Waals surface area contributed by atoms with Gasteiger partial charge in [0.25, 0.3) is 0 Å². The number of phosphoric acid groups is 2. The fourth-order valence-corrected chi connectivity index (χ4v) is 11.7. The number of rotatable bonds is 67. The molecule has 0 aromatic rings. The normalized spacial score (nSPS) is 14.2. The summed E-state index contributed by atoms with van der Waals surface area (Å²) in [5, 5.41) is 10.5. The molecule has 5 atom stereocenters. The van der Waals surface area contributed by atoms with Gasteiger partial charge in [-0.3, -0.25) is 37.3 Å². The molecule has 17 nitrogen and oxygen atoms in total. The van der Waals surface area contributed by atoms with Crippen LogP contribution >= 0.6 is 15.6 Å². The van der Waals surface area contributed by atoms with E-state index in [4.69, 9.17) is 37.0 Å².